The molecular formula is C11H20PtSi. The average molecular weight is 375 g/mol. The monoisotopic (exact) mass is 375 g/mol. The zero-order valence-corrected chi connectivity index (χ0v) is 12.5. The van der Waals surface area contributed by atoms with Crippen LogP contribution in [0, 0.1) is 11.6 Å². The second-order valence-corrected chi connectivity index (χ2v) is 9.75. The summed E-state index contributed by atoms with van der Waals surface area (Å²) in [6.07, 6.45) is 10.0. The number of hydrogen-bond acceptors (Lipinski definition) is 0. The Morgan fingerprint density at radius 3 is 1.77 bits per heavy atom. The number of hydrogen-bond donors (Lipinski definition) is 0. The zero-order chi connectivity index (χ0) is 9.61. The molecule has 0 aliphatic heterocycles. The smallest absolute Gasteiger partial charge is 0.319 e. The number of rotatable bonds is 1. The van der Waals surface area contributed by atoms with Crippen molar-refractivity contribution in [3.05, 3.63) is 29.8 Å². The molecule has 0 nitrogen and oxygen atoms in total. The van der Waals surface area contributed by atoms with E-state index < -0.39 is 8.07 Å². The summed E-state index contributed by atoms with van der Waals surface area (Å²) < 4.78 is 0. The molecular weight excluding hydrogens is 355 g/mol. The van der Waals surface area contributed by atoms with Gasteiger partial charge in [-0.2, -0.15) is 19.9 Å². The van der Waals surface area contributed by atoms with Gasteiger partial charge in [0, 0.05) is 0 Å². The molecule has 13 heavy (non-hydrogen) atoms. The Labute approximate surface area is 98.8 Å². The van der Waals surface area contributed by atoms with Crippen molar-refractivity contribution >= 4 is 8.07 Å². The largest absolute Gasteiger partial charge is 2.00 e. The molecule has 0 aromatic heterocycles. The fourth-order valence-electron chi connectivity index (χ4n) is 0.340. The van der Waals surface area contributed by atoms with Crippen LogP contribution in [-0.4, -0.2) is 8.07 Å². The molecule has 0 atom stereocenters. The Bertz CT molecular complexity index is 153. The first kappa shape index (κ1) is 15.8. The molecule has 1 aliphatic carbocycles. The third-order valence-electron chi connectivity index (χ3n) is 2.09. The summed E-state index contributed by atoms with van der Waals surface area (Å²) in [6, 6.07) is 0. The molecule has 0 heterocycles. The van der Waals surface area contributed by atoms with Gasteiger partial charge in [0.15, 0.2) is 0 Å². The van der Waals surface area contributed by atoms with Crippen molar-refractivity contribution in [2.75, 3.05) is 0 Å². The molecule has 0 unspecified atom stereocenters. The molecule has 0 saturated heterocycles. The van der Waals surface area contributed by atoms with Crippen LogP contribution in [0.25, 0.3) is 0 Å². The van der Waals surface area contributed by atoms with Crippen molar-refractivity contribution in [1.29, 1.82) is 0 Å². The van der Waals surface area contributed by atoms with Crippen LogP contribution in [0.15, 0.2) is 18.2 Å². The Morgan fingerprint density at radius 1 is 1.23 bits per heavy atom. The van der Waals surface area contributed by atoms with Crippen molar-refractivity contribution in [1.82, 2.24) is 0 Å². The topological polar surface area (TPSA) is 0 Å². The SMILES string of the molecule is C[C-](C)[Si](C)(C)C.[C-]1=CC=CC1.[Pt+2]. The van der Waals surface area contributed by atoms with Gasteiger partial charge in [-0.1, -0.05) is 27.7 Å². The third kappa shape index (κ3) is 10.3. The molecule has 0 radical (unpaired) electrons. The van der Waals surface area contributed by atoms with E-state index in [0.29, 0.717) is 0 Å². The summed E-state index contributed by atoms with van der Waals surface area (Å²) in [6.45, 7) is 11.5. The maximum absolute atomic E-state index is 2.99. The van der Waals surface area contributed by atoms with Crippen molar-refractivity contribution in [2.45, 2.75) is 39.9 Å². The van der Waals surface area contributed by atoms with Gasteiger partial charge in [-0.15, -0.1) is 6.42 Å². The van der Waals surface area contributed by atoms with Gasteiger partial charge in [-0.05, 0) is 0 Å². The molecule has 0 amide bonds. The van der Waals surface area contributed by atoms with Crippen LogP contribution in [0.4, 0.5) is 0 Å². The summed E-state index contributed by atoms with van der Waals surface area (Å²) in [5, 5.41) is 0. The van der Waals surface area contributed by atoms with Crippen LogP contribution in [-0.2, 0) is 21.1 Å². The normalized spacial score (nSPS) is 13.7. The predicted octanol–water partition coefficient (Wildman–Crippen LogP) is 3.78. The minimum absolute atomic E-state index is 0. The fraction of sp³-hybridized carbons (Fsp3) is 0.545. The van der Waals surface area contributed by atoms with Crippen LogP contribution in [0.3, 0.4) is 0 Å². The van der Waals surface area contributed by atoms with Gasteiger partial charge in [-0.25, -0.2) is 12.2 Å². The van der Waals surface area contributed by atoms with Gasteiger partial charge >= 0.3 is 21.1 Å². The van der Waals surface area contributed by atoms with E-state index in [2.05, 4.69) is 45.6 Å². The molecule has 0 bridgehead atoms. The van der Waals surface area contributed by atoms with E-state index in [1.165, 1.54) is 0 Å². The standard InChI is InChI=1S/C6H15Si.C5H5.Pt/c1-6(2)7(3,4)5;1-2-4-5-3-1;/h1-5H3;1-3H,4H2;/q2*-1;+2. The summed E-state index contributed by atoms with van der Waals surface area (Å²) in [4.78, 5) is 0. The van der Waals surface area contributed by atoms with E-state index in [1.807, 2.05) is 12.2 Å². The maximum Gasteiger partial charge on any atom is 2.00 e. The van der Waals surface area contributed by atoms with Crippen molar-refractivity contribution < 1.29 is 21.1 Å². The second kappa shape index (κ2) is 7.76. The van der Waals surface area contributed by atoms with Crippen molar-refractivity contribution in [3.63, 3.8) is 0 Å². The summed E-state index contributed by atoms with van der Waals surface area (Å²) in [7, 11) is -0.818. The van der Waals surface area contributed by atoms with Gasteiger partial charge in [0.1, 0.15) is 0 Å². The fourth-order valence-corrected chi connectivity index (χ4v) is 0.340. The van der Waals surface area contributed by atoms with E-state index in [9.17, 15) is 0 Å². The van der Waals surface area contributed by atoms with Gasteiger partial charge in [-0.3, -0.25) is 6.08 Å². The molecule has 0 fully saturated rings. The van der Waals surface area contributed by atoms with Gasteiger partial charge in [0.25, 0.3) is 0 Å². The first-order valence-electron chi connectivity index (χ1n) is 4.47. The summed E-state index contributed by atoms with van der Waals surface area (Å²) in [5.74, 6) is 0. The first-order valence-corrected chi connectivity index (χ1v) is 7.97. The van der Waals surface area contributed by atoms with Crippen LogP contribution >= 0.6 is 0 Å². The molecule has 2 heteroatoms. The molecule has 0 saturated carbocycles. The molecule has 0 N–H and O–H groups in total. The van der Waals surface area contributed by atoms with Crippen LogP contribution in [0.5, 0.6) is 0 Å². The van der Waals surface area contributed by atoms with Crippen molar-refractivity contribution in [2.24, 2.45) is 0 Å². The van der Waals surface area contributed by atoms with Gasteiger partial charge in [0.2, 0.25) is 0 Å². The Morgan fingerprint density at radius 2 is 1.69 bits per heavy atom. The average Bonchev–Trinajstić information content (AvgIpc) is 2.39. The Kier molecular flexibility index (Phi) is 9.45. The zero-order valence-electron chi connectivity index (χ0n) is 9.26. The minimum atomic E-state index is -0.818. The first-order chi connectivity index (χ1) is 5.44. The summed E-state index contributed by atoms with van der Waals surface area (Å²) >= 11 is 0. The Hall–Kier alpha value is 0.385. The maximum atomic E-state index is 2.99. The molecule has 1 aliphatic rings. The van der Waals surface area contributed by atoms with Crippen LogP contribution < -0.4 is 0 Å². The second-order valence-electron chi connectivity index (χ2n) is 4.25. The van der Waals surface area contributed by atoms with Gasteiger partial charge < -0.3 is 5.54 Å². The molecule has 0 spiro atoms. The predicted molar refractivity (Wildman–Crippen MR) is 59.5 cm³/mol. The van der Waals surface area contributed by atoms with E-state index in [-0.39, 0.29) is 21.1 Å². The Balaban J connectivity index is 0. The van der Waals surface area contributed by atoms with Crippen LogP contribution in [0.2, 0.25) is 19.6 Å². The van der Waals surface area contributed by atoms with E-state index in [1.54, 1.807) is 5.54 Å². The molecule has 1 rings (SSSR count). The molecule has 0 aromatic carbocycles. The van der Waals surface area contributed by atoms with Gasteiger partial charge in [0.05, 0.1) is 0 Å². The quantitative estimate of drug-likeness (QED) is 0.483. The van der Waals surface area contributed by atoms with E-state index >= 15 is 0 Å². The summed E-state index contributed by atoms with van der Waals surface area (Å²) in [5.41, 5.74) is 1.63. The third-order valence-corrected chi connectivity index (χ3v) is 5.09. The van der Waals surface area contributed by atoms with Crippen LogP contribution in [0.1, 0.15) is 20.3 Å². The van der Waals surface area contributed by atoms with E-state index in [0.717, 1.165) is 6.42 Å². The van der Waals surface area contributed by atoms with Crippen molar-refractivity contribution in [3.8, 4) is 0 Å². The molecule has 0 aromatic rings. The molecule has 78 valence electrons. The number of allylic oxidation sites excluding steroid dienone is 4. The van der Waals surface area contributed by atoms with E-state index in [4.69, 9.17) is 0 Å². The minimum Gasteiger partial charge on any atom is -0.319 e.